The van der Waals surface area contributed by atoms with Crippen LogP contribution in [-0.4, -0.2) is 16.3 Å². The normalized spacial score (nSPS) is 17.9. The highest BCUT2D eigenvalue weighted by molar-refractivity contribution is 5.53. The van der Waals surface area contributed by atoms with Crippen molar-refractivity contribution in [2.75, 3.05) is 11.9 Å². The first kappa shape index (κ1) is 9.91. The molecule has 17 heavy (non-hydrogen) atoms. The summed E-state index contributed by atoms with van der Waals surface area (Å²) in [6.45, 7) is 0.875. The van der Waals surface area contributed by atoms with E-state index in [1.807, 2.05) is 22.9 Å². The zero-order valence-corrected chi connectivity index (χ0v) is 9.30. The molecule has 1 N–H and O–H groups in total. The molecule has 0 bridgehead atoms. The van der Waals surface area contributed by atoms with Gasteiger partial charge in [0.15, 0.2) is 0 Å². The van der Waals surface area contributed by atoms with Gasteiger partial charge in [0.2, 0.25) is 0 Å². The number of nitrogens with one attached hydrogen (secondary N) is 1. The van der Waals surface area contributed by atoms with Gasteiger partial charge in [-0.15, -0.1) is 0 Å². The molecule has 0 aliphatic carbocycles. The van der Waals surface area contributed by atoms with Crippen molar-refractivity contribution in [1.29, 1.82) is 5.26 Å². The van der Waals surface area contributed by atoms with Gasteiger partial charge in [-0.1, -0.05) is 30.3 Å². The summed E-state index contributed by atoms with van der Waals surface area (Å²) in [6, 6.07) is 12.7. The van der Waals surface area contributed by atoms with E-state index in [2.05, 4.69) is 28.6 Å². The lowest BCUT2D eigenvalue weighted by Crippen LogP contribution is -2.24. The van der Waals surface area contributed by atoms with E-state index in [9.17, 15) is 0 Å². The summed E-state index contributed by atoms with van der Waals surface area (Å²) in [5.74, 6) is 0.840. The highest BCUT2D eigenvalue weighted by Gasteiger charge is 2.23. The summed E-state index contributed by atoms with van der Waals surface area (Å²) in [6.07, 6.45) is 2.62. The lowest BCUT2D eigenvalue weighted by molar-refractivity contribution is 0.482. The maximum atomic E-state index is 9.00. The molecule has 0 saturated carbocycles. The zero-order valence-electron chi connectivity index (χ0n) is 9.30. The van der Waals surface area contributed by atoms with E-state index >= 15 is 0 Å². The minimum atomic E-state index is 0.231. The molecule has 0 radical (unpaired) electrons. The van der Waals surface area contributed by atoms with Crippen LogP contribution in [0.1, 0.15) is 23.6 Å². The predicted molar refractivity (Wildman–Crippen MR) is 64.6 cm³/mol. The van der Waals surface area contributed by atoms with Gasteiger partial charge in [0.05, 0.1) is 12.2 Å². The molecule has 0 amide bonds. The quantitative estimate of drug-likeness (QED) is 0.807. The van der Waals surface area contributed by atoms with Crippen LogP contribution in [0.4, 0.5) is 5.82 Å². The van der Waals surface area contributed by atoms with Crippen LogP contribution in [0.2, 0.25) is 0 Å². The Hall–Kier alpha value is -2.28. The summed E-state index contributed by atoms with van der Waals surface area (Å²) in [5, 5.41) is 16.6. The van der Waals surface area contributed by atoms with Crippen molar-refractivity contribution in [3.05, 3.63) is 47.7 Å². The molecule has 1 atom stereocenters. The van der Waals surface area contributed by atoms with Gasteiger partial charge in [-0.05, 0) is 12.0 Å². The lowest BCUT2D eigenvalue weighted by Gasteiger charge is -2.26. The molecule has 1 aliphatic heterocycles. The Morgan fingerprint density at radius 2 is 2.18 bits per heavy atom. The number of rotatable bonds is 1. The number of aromatic nitrogens is 2. The van der Waals surface area contributed by atoms with Crippen LogP contribution in [0.25, 0.3) is 0 Å². The first-order valence-corrected chi connectivity index (χ1v) is 5.66. The van der Waals surface area contributed by atoms with Crippen LogP contribution >= 0.6 is 0 Å². The fraction of sp³-hybridized carbons (Fsp3) is 0.231. The number of benzene rings is 1. The van der Waals surface area contributed by atoms with E-state index in [-0.39, 0.29) is 6.04 Å². The standard InChI is InChI=1S/C13H12N4/c14-8-11-9-16-17-12(6-7-15-13(11)17)10-4-2-1-3-5-10/h1-5,9,12,15H,6-7H2. The third-order valence-electron chi connectivity index (χ3n) is 3.11. The van der Waals surface area contributed by atoms with Gasteiger partial charge in [-0.3, -0.25) is 0 Å². The molecule has 1 aliphatic rings. The number of fused-ring (bicyclic) bond motifs is 1. The Bertz CT molecular complexity index is 565. The van der Waals surface area contributed by atoms with E-state index in [4.69, 9.17) is 5.26 Å². The molecule has 2 aromatic rings. The zero-order chi connectivity index (χ0) is 11.7. The number of hydrogen-bond acceptors (Lipinski definition) is 3. The second kappa shape index (κ2) is 3.95. The van der Waals surface area contributed by atoms with Crippen LogP contribution in [-0.2, 0) is 0 Å². The van der Waals surface area contributed by atoms with Gasteiger partial charge in [0.25, 0.3) is 0 Å². The molecule has 1 aromatic heterocycles. The van der Waals surface area contributed by atoms with Gasteiger partial charge in [-0.2, -0.15) is 10.4 Å². The van der Waals surface area contributed by atoms with E-state index in [0.29, 0.717) is 5.56 Å². The minimum absolute atomic E-state index is 0.231. The van der Waals surface area contributed by atoms with Crippen molar-refractivity contribution >= 4 is 5.82 Å². The second-order valence-electron chi connectivity index (χ2n) is 4.11. The summed E-state index contributed by atoms with van der Waals surface area (Å²) in [5.41, 5.74) is 1.86. The van der Waals surface area contributed by atoms with E-state index in [1.54, 1.807) is 6.20 Å². The van der Waals surface area contributed by atoms with Crippen molar-refractivity contribution < 1.29 is 0 Å². The number of hydrogen-bond donors (Lipinski definition) is 1. The van der Waals surface area contributed by atoms with Crippen LogP contribution in [0.15, 0.2) is 36.5 Å². The van der Waals surface area contributed by atoms with E-state index in [1.165, 1.54) is 5.56 Å². The number of anilines is 1. The highest BCUT2D eigenvalue weighted by Crippen LogP contribution is 2.30. The maximum absolute atomic E-state index is 9.00. The van der Waals surface area contributed by atoms with Gasteiger partial charge < -0.3 is 5.32 Å². The molecule has 84 valence electrons. The lowest BCUT2D eigenvalue weighted by atomic mass is 10.0. The van der Waals surface area contributed by atoms with Crippen molar-refractivity contribution in [3.63, 3.8) is 0 Å². The Labute approximate surface area is 99.5 Å². The fourth-order valence-corrected chi connectivity index (χ4v) is 2.29. The largest absolute Gasteiger partial charge is 0.369 e. The molecule has 1 aromatic carbocycles. The summed E-state index contributed by atoms with van der Waals surface area (Å²) >= 11 is 0. The second-order valence-corrected chi connectivity index (χ2v) is 4.11. The number of nitrogens with zero attached hydrogens (tertiary/aromatic N) is 3. The topological polar surface area (TPSA) is 53.6 Å². The Kier molecular flexibility index (Phi) is 2.30. The molecule has 0 fully saturated rings. The van der Waals surface area contributed by atoms with Crippen molar-refractivity contribution in [1.82, 2.24) is 9.78 Å². The minimum Gasteiger partial charge on any atom is -0.369 e. The predicted octanol–water partition coefficient (Wildman–Crippen LogP) is 2.16. The molecule has 3 rings (SSSR count). The highest BCUT2D eigenvalue weighted by atomic mass is 15.4. The number of nitriles is 1. The molecule has 0 spiro atoms. The molecule has 4 heteroatoms. The Balaban J connectivity index is 2.07. The van der Waals surface area contributed by atoms with Crippen molar-refractivity contribution in [3.8, 4) is 6.07 Å². The average Bonchev–Trinajstić information content (AvgIpc) is 2.82. The van der Waals surface area contributed by atoms with Crippen molar-refractivity contribution in [2.45, 2.75) is 12.5 Å². The average molecular weight is 224 g/mol. The molecule has 1 unspecified atom stereocenters. The van der Waals surface area contributed by atoms with Crippen LogP contribution in [0, 0.1) is 11.3 Å². The third kappa shape index (κ3) is 1.56. The Morgan fingerprint density at radius 3 is 2.94 bits per heavy atom. The molecular formula is C13H12N4. The van der Waals surface area contributed by atoms with E-state index in [0.717, 1.165) is 18.8 Å². The maximum Gasteiger partial charge on any atom is 0.143 e. The first-order valence-electron chi connectivity index (χ1n) is 5.66. The fourth-order valence-electron chi connectivity index (χ4n) is 2.29. The summed E-state index contributed by atoms with van der Waals surface area (Å²) < 4.78 is 1.91. The van der Waals surface area contributed by atoms with Gasteiger partial charge >= 0.3 is 0 Å². The third-order valence-corrected chi connectivity index (χ3v) is 3.11. The molecular weight excluding hydrogens is 212 g/mol. The summed E-state index contributed by atoms with van der Waals surface area (Å²) in [7, 11) is 0. The molecule has 4 nitrogen and oxygen atoms in total. The van der Waals surface area contributed by atoms with Crippen LogP contribution in [0.5, 0.6) is 0 Å². The van der Waals surface area contributed by atoms with Crippen LogP contribution < -0.4 is 5.32 Å². The van der Waals surface area contributed by atoms with Gasteiger partial charge in [-0.25, -0.2) is 4.68 Å². The first-order chi connectivity index (χ1) is 8.40. The molecule has 0 saturated heterocycles. The SMILES string of the molecule is N#Cc1cnn2c1NCCC2c1ccccc1. The van der Waals surface area contributed by atoms with Crippen molar-refractivity contribution in [2.24, 2.45) is 0 Å². The van der Waals surface area contributed by atoms with E-state index < -0.39 is 0 Å². The van der Waals surface area contributed by atoms with Gasteiger partial charge in [0, 0.05) is 6.54 Å². The Morgan fingerprint density at radius 1 is 1.35 bits per heavy atom. The monoisotopic (exact) mass is 224 g/mol. The smallest absolute Gasteiger partial charge is 0.143 e. The van der Waals surface area contributed by atoms with Crippen LogP contribution in [0.3, 0.4) is 0 Å². The summed E-state index contributed by atoms with van der Waals surface area (Å²) in [4.78, 5) is 0. The van der Waals surface area contributed by atoms with Gasteiger partial charge in [0.1, 0.15) is 17.5 Å². The molecule has 2 heterocycles.